The fourth-order valence-electron chi connectivity index (χ4n) is 3.97. The Bertz CT molecular complexity index is 775. The Balaban J connectivity index is 1.54. The van der Waals surface area contributed by atoms with Gasteiger partial charge in [-0.05, 0) is 56.9 Å². The smallest absolute Gasteiger partial charge is 0.293 e. The van der Waals surface area contributed by atoms with Crippen LogP contribution >= 0.6 is 0 Å². The molecule has 1 aromatic carbocycles. The highest BCUT2D eigenvalue weighted by atomic mass is 19.1. The van der Waals surface area contributed by atoms with Crippen LogP contribution in [0, 0.1) is 12.7 Å². The van der Waals surface area contributed by atoms with E-state index in [9.17, 15) is 9.18 Å². The van der Waals surface area contributed by atoms with E-state index in [0.29, 0.717) is 23.6 Å². The van der Waals surface area contributed by atoms with Crippen molar-refractivity contribution in [2.75, 3.05) is 7.05 Å². The van der Waals surface area contributed by atoms with Crippen molar-refractivity contribution in [3.8, 4) is 5.69 Å². The van der Waals surface area contributed by atoms with Crippen LogP contribution in [-0.2, 0) is 0 Å². The van der Waals surface area contributed by atoms with Crippen molar-refractivity contribution in [3.05, 3.63) is 41.7 Å². The molecule has 2 aliphatic heterocycles. The Morgan fingerprint density at radius 1 is 1.24 bits per heavy atom. The van der Waals surface area contributed by atoms with Crippen molar-refractivity contribution >= 4 is 5.91 Å². The molecular formula is C18H22FN5O. The maximum atomic E-state index is 13.1. The number of nitrogens with one attached hydrogen (secondary N) is 1. The van der Waals surface area contributed by atoms with E-state index >= 15 is 0 Å². The van der Waals surface area contributed by atoms with Crippen LogP contribution in [0.4, 0.5) is 4.39 Å². The molecule has 2 fully saturated rings. The first-order valence-electron chi connectivity index (χ1n) is 8.74. The lowest BCUT2D eigenvalue weighted by Crippen LogP contribution is -2.48. The Kier molecular flexibility index (Phi) is 4.03. The van der Waals surface area contributed by atoms with Gasteiger partial charge in [-0.2, -0.15) is 0 Å². The predicted octanol–water partition coefficient (Wildman–Crippen LogP) is 2.07. The van der Waals surface area contributed by atoms with Crippen LogP contribution < -0.4 is 5.32 Å². The molecule has 6 nitrogen and oxygen atoms in total. The fraction of sp³-hybridized carbons (Fsp3) is 0.500. The monoisotopic (exact) mass is 343 g/mol. The van der Waals surface area contributed by atoms with Gasteiger partial charge in [-0.15, -0.1) is 5.10 Å². The molecule has 25 heavy (non-hydrogen) atoms. The third kappa shape index (κ3) is 3.04. The van der Waals surface area contributed by atoms with Crippen molar-refractivity contribution in [3.63, 3.8) is 0 Å². The van der Waals surface area contributed by atoms with Crippen LogP contribution in [0.2, 0.25) is 0 Å². The number of rotatable bonds is 3. The van der Waals surface area contributed by atoms with Crippen molar-refractivity contribution in [1.82, 2.24) is 25.0 Å². The number of nitrogens with zero attached hydrogens (tertiary/aromatic N) is 4. The van der Waals surface area contributed by atoms with E-state index in [1.807, 2.05) is 7.05 Å². The first-order valence-corrected chi connectivity index (χ1v) is 8.74. The van der Waals surface area contributed by atoms with Crippen molar-refractivity contribution < 1.29 is 9.18 Å². The van der Waals surface area contributed by atoms with E-state index in [0.717, 1.165) is 12.8 Å². The Morgan fingerprint density at radius 3 is 2.52 bits per heavy atom. The summed E-state index contributed by atoms with van der Waals surface area (Å²) >= 11 is 0. The average Bonchev–Trinajstić information content (AvgIpc) is 3.16. The molecule has 0 saturated carbocycles. The molecule has 1 aromatic heterocycles. The number of hydrogen-bond donors (Lipinski definition) is 1. The largest absolute Gasteiger partial charge is 0.336 e. The van der Waals surface area contributed by atoms with E-state index < -0.39 is 0 Å². The molecule has 2 saturated heterocycles. The summed E-state index contributed by atoms with van der Waals surface area (Å²) in [7, 11) is 1.84. The van der Waals surface area contributed by atoms with Gasteiger partial charge < -0.3 is 10.2 Å². The molecule has 3 heterocycles. The first kappa shape index (κ1) is 16.2. The van der Waals surface area contributed by atoms with E-state index in [4.69, 9.17) is 0 Å². The normalized spacial score (nSPS) is 25.2. The Hall–Kier alpha value is -2.28. The van der Waals surface area contributed by atoms with Crippen LogP contribution in [0.1, 0.15) is 42.1 Å². The van der Waals surface area contributed by atoms with Gasteiger partial charge in [-0.1, -0.05) is 0 Å². The van der Waals surface area contributed by atoms with E-state index in [1.165, 1.54) is 25.0 Å². The summed E-state index contributed by atoms with van der Waals surface area (Å²) in [6.45, 7) is 1.79. The van der Waals surface area contributed by atoms with Crippen LogP contribution in [0.25, 0.3) is 5.69 Å². The van der Waals surface area contributed by atoms with Crippen LogP contribution in [0.15, 0.2) is 24.3 Å². The summed E-state index contributed by atoms with van der Waals surface area (Å²) in [6.07, 6.45) is 4.35. The quantitative estimate of drug-likeness (QED) is 0.927. The maximum absolute atomic E-state index is 13.1. The maximum Gasteiger partial charge on any atom is 0.293 e. The third-order valence-electron chi connectivity index (χ3n) is 5.35. The lowest BCUT2D eigenvalue weighted by Gasteiger charge is -2.35. The lowest BCUT2D eigenvalue weighted by atomic mass is 9.98. The van der Waals surface area contributed by atoms with Gasteiger partial charge in [0.25, 0.3) is 5.91 Å². The summed E-state index contributed by atoms with van der Waals surface area (Å²) in [5, 5.41) is 7.94. The number of hydrogen-bond acceptors (Lipinski definition) is 4. The Morgan fingerprint density at radius 2 is 1.88 bits per heavy atom. The second-order valence-electron chi connectivity index (χ2n) is 7.05. The highest BCUT2D eigenvalue weighted by molar-refractivity contribution is 5.90. The van der Waals surface area contributed by atoms with Crippen LogP contribution in [0.3, 0.4) is 0 Å². The summed E-state index contributed by atoms with van der Waals surface area (Å²) in [4.78, 5) is 19.0. The minimum absolute atomic E-state index is 0.157. The van der Waals surface area contributed by atoms with Crippen LogP contribution in [-0.4, -0.2) is 50.7 Å². The molecule has 2 atom stereocenters. The van der Waals surface area contributed by atoms with Crippen LogP contribution in [0.5, 0.6) is 0 Å². The number of carbonyl (C=O) groups is 1. The zero-order valence-electron chi connectivity index (χ0n) is 14.4. The van der Waals surface area contributed by atoms with Gasteiger partial charge in [0.15, 0.2) is 0 Å². The first-order chi connectivity index (χ1) is 12.0. The summed E-state index contributed by atoms with van der Waals surface area (Å²) in [5.74, 6) is 0.331. The molecule has 1 amide bonds. The molecule has 132 valence electrons. The lowest BCUT2D eigenvalue weighted by molar-refractivity contribution is 0.0669. The summed E-state index contributed by atoms with van der Waals surface area (Å²) in [6, 6.07) is 7.25. The number of benzene rings is 1. The Labute approximate surface area is 146 Å². The van der Waals surface area contributed by atoms with Gasteiger partial charge in [0.1, 0.15) is 11.6 Å². The van der Waals surface area contributed by atoms with Gasteiger partial charge in [0.05, 0.1) is 5.69 Å². The zero-order valence-corrected chi connectivity index (χ0v) is 14.4. The minimum Gasteiger partial charge on any atom is -0.336 e. The highest BCUT2D eigenvalue weighted by Crippen LogP contribution is 2.29. The summed E-state index contributed by atoms with van der Waals surface area (Å²) < 4.78 is 14.7. The van der Waals surface area contributed by atoms with Crippen molar-refractivity contribution in [2.45, 2.75) is 50.7 Å². The molecule has 0 spiro atoms. The minimum atomic E-state index is -0.307. The number of carbonyl (C=O) groups excluding carboxylic acids is 1. The summed E-state index contributed by atoms with van der Waals surface area (Å²) in [5.41, 5.74) is 0.688. The van der Waals surface area contributed by atoms with Gasteiger partial charge >= 0.3 is 0 Å². The molecule has 2 aliphatic rings. The van der Waals surface area contributed by atoms with Crippen molar-refractivity contribution in [1.29, 1.82) is 0 Å². The van der Waals surface area contributed by atoms with Gasteiger partial charge in [0.2, 0.25) is 5.82 Å². The van der Waals surface area contributed by atoms with E-state index in [1.54, 1.807) is 28.6 Å². The molecule has 4 rings (SSSR count). The number of piperidine rings is 1. The van der Waals surface area contributed by atoms with E-state index in [-0.39, 0.29) is 23.6 Å². The van der Waals surface area contributed by atoms with Gasteiger partial charge in [-0.3, -0.25) is 4.79 Å². The molecule has 0 aliphatic carbocycles. The topological polar surface area (TPSA) is 63.1 Å². The fourth-order valence-corrected chi connectivity index (χ4v) is 3.97. The second-order valence-corrected chi connectivity index (χ2v) is 7.05. The molecule has 7 heteroatoms. The van der Waals surface area contributed by atoms with Crippen molar-refractivity contribution in [2.24, 2.45) is 0 Å². The molecule has 2 bridgehead atoms. The second kappa shape index (κ2) is 6.22. The molecule has 2 unspecified atom stereocenters. The SMILES string of the molecule is Cc1nc(C(=O)N(C)C2CC3CCC(C2)N3)nn1-c1ccc(F)cc1. The van der Waals surface area contributed by atoms with E-state index in [2.05, 4.69) is 15.4 Å². The number of halogens is 1. The number of amides is 1. The highest BCUT2D eigenvalue weighted by Gasteiger charge is 2.37. The standard InChI is InChI=1S/C18H22FN5O/c1-11-20-17(22-24(11)15-7-3-12(19)4-8-15)18(25)23(2)16-9-13-5-6-14(10-16)21-13/h3-4,7-8,13-14,16,21H,5-6,9-10H2,1-2H3. The molecule has 2 aromatic rings. The van der Waals surface area contributed by atoms with Gasteiger partial charge in [-0.25, -0.2) is 14.1 Å². The number of aromatic nitrogens is 3. The molecule has 0 radical (unpaired) electrons. The zero-order chi connectivity index (χ0) is 17.6. The number of fused-ring (bicyclic) bond motifs is 2. The third-order valence-corrected chi connectivity index (χ3v) is 5.35. The molecule has 1 N–H and O–H groups in total. The van der Waals surface area contributed by atoms with Gasteiger partial charge in [0, 0.05) is 25.2 Å². The average molecular weight is 343 g/mol. The molecular weight excluding hydrogens is 321 g/mol. The number of aryl methyl sites for hydroxylation is 1. The predicted molar refractivity (Wildman–Crippen MR) is 91.1 cm³/mol.